The van der Waals surface area contributed by atoms with Crippen molar-refractivity contribution >= 4 is 34.9 Å². The third kappa shape index (κ3) is 4.29. The van der Waals surface area contributed by atoms with Gasteiger partial charge in [0, 0.05) is 54.5 Å². The fourth-order valence-electron chi connectivity index (χ4n) is 3.99. The fourth-order valence-corrected chi connectivity index (χ4v) is 5.65. The SMILES string of the molecule is C[C@H]1COCCN1c1cc(C2([SH+]c3ccc(F)c(Cl)c3)CC2)nc(-c2ccc(N)cc2)n1. The molecule has 1 saturated carbocycles. The number of hydrogen-bond acceptors (Lipinski definition) is 5. The standard InChI is InChI=1S/C24H24ClFN4OS/c1-15-14-31-11-10-30(15)22-13-21(28-23(29-22)16-2-4-17(27)5-3-16)24(8-9-24)32-18-6-7-20(26)19(25)12-18/h2-7,12-13,15H,8-11,14,27H2,1H3/p+1/t15-/m0/s1. The average molecular weight is 472 g/mol. The first-order valence-electron chi connectivity index (χ1n) is 10.7. The van der Waals surface area contributed by atoms with Gasteiger partial charge in [0.1, 0.15) is 17.3 Å². The third-order valence-electron chi connectivity index (χ3n) is 5.99. The van der Waals surface area contributed by atoms with Crippen LogP contribution in [0.3, 0.4) is 0 Å². The van der Waals surface area contributed by atoms with E-state index >= 15 is 0 Å². The van der Waals surface area contributed by atoms with Crippen LogP contribution in [0.2, 0.25) is 5.02 Å². The fraction of sp³-hybridized carbons (Fsp3) is 0.333. The molecule has 1 saturated heterocycles. The van der Waals surface area contributed by atoms with E-state index in [1.54, 1.807) is 12.1 Å². The van der Waals surface area contributed by atoms with Crippen molar-refractivity contribution in [2.75, 3.05) is 30.4 Å². The van der Waals surface area contributed by atoms with Gasteiger partial charge in [-0.25, -0.2) is 14.4 Å². The van der Waals surface area contributed by atoms with E-state index < -0.39 is 5.82 Å². The number of halogens is 2. The number of ether oxygens (including phenoxy) is 1. The molecule has 0 amide bonds. The van der Waals surface area contributed by atoms with Gasteiger partial charge in [0.2, 0.25) is 0 Å². The van der Waals surface area contributed by atoms with E-state index in [0.717, 1.165) is 53.1 Å². The van der Waals surface area contributed by atoms with Crippen molar-refractivity contribution in [1.82, 2.24) is 9.97 Å². The molecule has 3 aromatic rings. The van der Waals surface area contributed by atoms with Gasteiger partial charge < -0.3 is 15.4 Å². The lowest BCUT2D eigenvalue weighted by Crippen LogP contribution is -2.44. The Bertz CT molecular complexity index is 1140. The van der Waals surface area contributed by atoms with Crippen LogP contribution in [-0.4, -0.2) is 35.8 Å². The molecule has 32 heavy (non-hydrogen) atoms. The molecule has 2 N–H and O–H groups in total. The molecule has 0 spiro atoms. The predicted molar refractivity (Wildman–Crippen MR) is 129 cm³/mol. The minimum absolute atomic E-state index is 0.114. The van der Waals surface area contributed by atoms with Gasteiger partial charge in [0.05, 0.1) is 24.3 Å². The molecule has 2 heterocycles. The van der Waals surface area contributed by atoms with E-state index in [4.69, 9.17) is 32.0 Å². The van der Waals surface area contributed by atoms with Crippen LogP contribution in [0.5, 0.6) is 0 Å². The van der Waals surface area contributed by atoms with E-state index in [1.165, 1.54) is 6.07 Å². The Kier molecular flexibility index (Phi) is 5.73. The number of rotatable bonds is 5. The van der Waals surface area contributed by atoms with Gasteiger partial charge in [-0.2, -0.15) is 0 Å². The average Bonchev–Trinajstić information content (AvgIpc) is 3.57. The summed E-state index contributed by atoms with van der Waals surface area (Å²) in [5.74, 6) is 1.21. The molecule has 2 fully saturated rings. The van der Waals surface area contributed by atoms with Crippen LogP contribution in [0.15, 0.2) is 53.4 Å². The summed E-state index contributed by atoms with van der Waals surface area (Å²) in [5, 5.41) is 0.152. The highest BCUT2D eigenvalue weighted by Crippen LogP contribution is 2.51. The highest BCUT2D eigenvalue weighted by molar-refractivity contribution is 7.80. The van der Waals surface area contributed by atoms with Crippen LogP contribution in [0.4, 0.5) is 15.9 Å². The Balaban J connectivity index is 1.55. The molecule has 1 aliphatic heterocycles. The molecule has 0 bridgehead atoms. The molecule has 1 atom stereocenters. The van der Waals surface area contributed by atoms with Gasteiger partial charge in [-0.1, -0.05) is 11.6 Å². The number of anilines is 2. The quantitative estimate of drug-likeness (QED) is 0.334. The molecule has 166 valence electrons. The molecule has 2 aromatic carbocycles. The van der Waals surface area contributed by atoms with Gasteiger partial charge in [-0.15, -0.1) is 0 Å². The first-order chi connectivity index (χ1) is 15.4. The number of nitrogen functional groups attached to an aromatic ring is 1. The number of benzene rings is 2. The minimum atomic E-state index is -0.397. The molecular weight excluding hydrogens is 447 g/mol. The number of nitrogens with zero attached hydrogens (tertiary/aromatic N) is 3. The van der Waals surface area contributed by atoms with Crippen LogP contribution in [0.25, 0.3) is 11.4 Å². The molecule has 1 aliphatic carbocycles. The summed E-state index contributed by atoms with van der Waals surface area (Å²) in [6, 6.07) is 14.9. The first-order valence-corrected chi connectivity index (χ1v) is 12.0. The van der Waals surface area contributed by atoms with E-state index in [9.17, 15) is 4.39 Å². The second-order valence-corrected chi connectivity index (χ2v) is 10.4. The Morgan fingerprint density at radius 3 is 2.62 bits per heavy atom. The van der Waals surface area contributed by atoms with Crippen molar-refractivity contribution in [3.63, 3.8) is 0 Å². The zero-order valence-electron chi connectivity index (χ0n) is 17.8. The summed E-state index contributed by atoms with van der Waals surface area (Å²) >= 11 is 7.11. The molecule has 2 aliphatic rings. The van der Waals surface area contributed by atoms with Crippen molar-refractivity contribution in [2.45, 2.75) is 35.4 Å². The smallest absolute Gasteiger partial charge is 0.173 e. The normalized spacial score (nSPS) is 19.7. The molecule has 0 unspecified atom stereocenters. The highest BCUT2D eigenvalue weighted by atomic mass is 35.5. The van der Waals surface area contributed by atoms with Crippen LogP contribution in [-0.2, 0) is 21.2 Å². The summed E-state index contributed by atoms with van der Waals surface area (Å²) in [6.45, 7) is 4.29. The molecule has 5 nitrogen and oxygen atoms in total. The van der Waals surface area contributed by atoms with Gasteiger partial charge in [0.15, 0.2) is 15.5 Å². The summed E-state index contributed by atoms with van der Waals surface area (Å²) in [7, 11) is 0. The van der Waals surface area contributed by atoms with Crippen molar-refractivity contribution in [3.05, 3.63) is 65.1 Å². The second-order valence-electron chi connectivity index (χ2n) is 8.42. The van der Waals surface area contributed by atoms with Gasteiger partial charge in [-0.05, 0) is 43.3 Å². The highest BCUT2D eigenvalue weighted by Gasteiger charge is 2.55. The maximum Gasteiger partial charge on any atom is 0.173 e. The van der Waals surface area contributed by atoms with Crippen LogP contribution in [0.1, 0.15) is 25.5 Å². The molecule has 8 heteroatoms. The van der Waals surface area contributed by atoms with Crippen molar-refractivity contribution < 1.29 is 9.13 Å². The number of nitrogens with two attached hydrogens (primary N) is 1. The number of hydrogen-bond donors (Lipinski definition) is 1. The molecule has 0 radical (unpaired) electrons. The summed E-state index contributed by atoms with van der Waals surface area (Å²) in [5.41, 5.74) is 8.53. The zero-order chi connectivity index (χ0) is 22.3. The largest absolute Gasteiger partial charge is 0.399 e. The zero-order valence-corrected chi connectivity index (χ0v) is 19.4. The number of thiol groups is 1. The molecule has 5 rings (SSSR count). The van der Waals surface area contributed by atoms with Gasteiger partial charge in [-0.3, -0.25) is 0 Å². The van der Waals surface area contributed by atoms with Crippen LogP contribution < -0.4 is 10.6 Å². The number of aromatic nitrogens is 2. The maximum absolute atomic E-state index is 13.7. The first kappa shape index (κ1) is 21.5. The van der Waals surface area contributed by atoms with E-state index in [1.807, 2.05) is 24.3 Å². The monoisotopic (exact) mass is 471 g/mol. The predicted octanol–water partition coefficient (Wildman–Crippen LogP) is 4.61. The topological polar surface area (TPSA) is 64.3 Å². The van der Waals surface area contributed by atoms with E-state index in [2.05, 4.69) is 17.9 Å². The lowest BCUT2D eigenvalue weighted by atomic mass is 10.1. The van der Waals surface area contributed by atoms with Crippen molar-refractivity contribution in [1.29, 1.82) is 0 Å². The summed E-state index contributed by atoms with van der Waals surface area (Å²) in [4.78, 5) is 13.2. The summed E-state index contributed by atoms with van der Waals surface area (Å²) < 4.78 is 19.2. The lowest BCUT2D eigenvalue weighted by Gasteiger charge is -2.34. The maximum atomic E-state index is 13.7. The Hall–Kier alpha value is -2.35. The van der Waals surface area contributed by atoms with Crippen LogP contribution >= 0.6 is 11.6 Å². The van der Waals surface area contributed by atoms with Crippen LogP contribution in [0, 0.1) is 5.82 Å². The van der Waals surface area contributed by atoms with Crippen molar-refractivity contribution in [3.8, 4) is 11.4 Å². The lowest BCUT2D eigenvalue weighted by molar-refractivity contribution is 0.0985. The minimum Gasteiger partial charge on any atom is -0.399 e. The van der Waals surface area contributed by atoms with Crippen molar-refractivity contribution in [2.24, 2.45) is 0 Å². The second kappa shape index (κ2) is 8.54. The Morgan fingerprint density at radius 2 is 1.94 bits per heavy atom. The van der Waals surface area contributed by atoms with E-state index in [0.29, 0.717) is 24.7 Å². The van der Waals surface area contributed by atoms with Gasteiger partial charge in [0.25, 0.3) is 0 Å². The Morgan fingerprint density at radius 1 is 1.16 bits per heavy atom. The summed E-state index contributed by atoms with van der Waals surface area (Å²) in [6.07, 6.45) is 2.03. The number of morpholine rings is 1. The third-order valence-corrected chi connectivity index (χ3v) is 7.92. The van der Waals surface area contributed by atoms with E-state index in [-0.39, 0.29) is 15.8 Å². The molecular formula is C24H25ClFN4OS+. The van der Waals surface area contributed by atoms with Gasteiger partial charge >= 0.3 is 0 Å². The molecule has 1 aromatic heterocycles. The Labute approximate surface area is 196 Å².